The minimum Gasteiger partial charge on any atom is -0.454 e. The fraction of sp³-hybridized carbons (Fsp3) is 0.290. The molecule has 0 fully saturated rings. The number of anilines is 2. The molecule has 2 aliphatic heterocycles. The van der Waals surface area contributed by atoms with Crippen LogP contribution < -0.4 is 25.0 Å². The number of allylic oxidation sites excluding steroid dienone is 1. The molecule has 2 N–H and O–H groups in total. The van der Waals surface area contributed by atoms with Crippen LogP contribution in [0.2, 0.25) is 0 Å². The molecule has 210 valence electrons. The van der Waals surface area contributed by atoms with Crippen LogP contribution in [-0.2, 0) is 16.1 Å². The van der Waals surface area contributed by atoms with Gasteiger partial charge in [0.25, 0.3) is 5.69 Å². The van der Waals surface area contributed by atoms with E-state index in [-0.39, 0.29) is 42.7 Å². The molecule has 3 aliphatic rings. The van der Waals surface area contributed by atoms with Gasteiger partial charge in [-0.3, -0.25) is 19.7 Å². The highest BCUT2D eigenvalue weighted by atomic mass is 16.7. The predicted molar refractivity (Wildman–Crippen MR) is 153 cm³/mol. The molecule has 1 unspecified atom stereocenters. The zero-order chi connectivity index (χ0) is 28.7. The summed E-state index contributed by atoms with van der Waals surface area (Å²) in [6.45, 7) is 4.46. The summed E-state index contributed by atoms with van der Waals surface area (Å²) in [4.78, 5) is 40.4. The first-order valence-corrected chi connectivity index (χ1v) is 13.5. The second kappa shape index (κ2) is 10.3. The fourth-order valence-corrected chi connectivity index (χ4v) is 5.84. The van der Waals surface area contributed by atoms with Gasteiger partial charge in [-0.15, -0.1) is 0 Å². The summed E-state index contributed by atoms with van der Waals surface area (Å²) in [5, 5.41) is 18.2. The number of fused-ring (bicyclic) bond motifs is 2. The van der Waals surface area contributed by atoms with E-state index in [1.807, 2.05) is 47.4 Å². The maximum atomic E-state index is 13.8. The molecule has 0 saturated heterocycles. The van der Waals surface area contributed by atoms with Crippen molar-refractivity contribution in [3.8, 4) is 11.5 Å². The molecule has 2 heterocycles. The lowest BCUT2D eigenvalue weighted by Gasteiger charge is -2.37. The van der Waals surface area contributed by atoms with Crippen molar-refractivity contribution in [2.45, 2.75) is 39.3 Å². The molecule has 0 saturated carbocycles. The maximum absolute atomic E-state index is 13.8. The van der Waals surface area contributed by atoms with Crippen LogP contribution in [-0.4, -0.2) is 30.0 Å². The summed E-state index contributed by atoms with van der Waals surface area (Å²) in [7, 11) is 0. The Morgan fingerprint density at radius 3 is 2.71 bits per heavy atom. The van der Waals surface area contributed by atoms with Crippen LogP contribution in [0.25, 0.3) is 0 Å². The quantitative estimate of drug-likeness (QED) is 0.313. The van der Waals surface area contributed by atoms with Crippen molar-refractivity contribution in [2.24, 2.45) is 5.41 Å². The summed E-state index contributed by atoms with van der Waals surface area (Å²) in [5.74, 6) is 0.991. The summed E-state index contributed by atoms with van der Waals surface area (Å²) in [6.07, 6.45) is 0.956. The van der Waals surface area contributed by atoms with Gasteiger partial charge in [0.15, 0.2) is 17.3 Å². The van der Waals surface area contributed by atoms with E-state index in [1.54, 1.807) is 12.1 Å². The van der Waals surface area contributed by atoms with Gasteiger partial charge in [0.05, 0.1) is 28.9 Å². The third-order valence-electron chi connectivity index (χ3n) is 7.64. The molecule has 3 aromatic carbocycles. The molecule has 6 rings (SSSR count). The van der Waals surface area contributed by atoms with E-state index in [1.165, 1.54) is 12.1 Å². The van der Waals surface area contributed by atoms with Crippen LogP contribution in [0, 0.1) is 15.5 Å². The van der Waals surface area contributed by atoms with Crippen molar-refractivity contribution in [1.82, 2.24) is 5.32 Å². The lowest BCUT2D eigenvalue weighted by molar-refractivity contribution is -0.384. The first-order valence-electron chi connectivity index (χ1n) is 13.5. The van der Waals surface area contributed by atoms with Crippen molar-refractivity contribution in [3.05, 3.63) is 99.2 Å². The molecule has 1 aliphatic carbocycles. The van der Waals surface area contributed by atoms with Gasteiger partial charge in [-0.2, -0.15) is 0 Å². The number of carbonyl (C=O) groups is 2. The summed E-state index contributed by atoms with van der Waals surface area (Å²) >= 11 is 0. The Labute approximate surface area is 237 Å². The number of carbonyl (C=O) groups excluding carboxylic acids is 2. The lowest BCUT2D eigenvalue weighted by Crippen LogP contribution is -2.41. The van der Waals surface area contributed by atoms with Crippen molar-refractivity contribution < 1.29 is 24.0 Å². The van der Waals surface area contributed by atoms with Gasteiger partial charge in [-0.05, 0) is 47.2 Å². The van der Waals surface area contributed by atoms with Gasteiger partial charge < -0.3 is 25.0 Å². The van der Waals surface area contributed by atoms with Crippen LogP contribution >= 0.6 is 0 Å². The van der Waals surface area contributed by atoms with Gasteiger partial charge in [0.2, 0.25) is 12.7 Å². The van der Waals surface area contributed by atoms with Crippen LogP contribution in [0.3, 0.4) is 0 Å². The molecule has 10 nitrogen and oxygen atoms in total. The smallest absolute Gasteiger partial charge is 0.269 e. The van der Waals surface area contributed by atoms with E-state index in [9.17, 15) is 19.7 Å². The fourth-order valence-electron chi connectivity index (χ4n) is 5.84. The largest absolute Gasteiger partial charge is 0.454 e. The minimum absolute atomic E-state index is 0.0427. The van der Waals surface area contributed by atoms with Crippen molar-refractivity contribution in [1.29, 1.82) is 0 Å². The van der Waals surface area contributed by atoms with E-state index in [4.69, 9.17) is 9.47 Å². The van der Waals surface area contributed by atoms with Crippen LogP contribution in [0.15, 0.2) is 78.0 Å². The predicted octanol–water partition coefficient (Wildman–Crippen LogP) is 5.26. The Hall–Kier alpha value is -4.86. The average molecular weight is 555 g/mol. The molecule has 0 radical (unpaired) electrons. The highest BCUT2D eigenvalue weighted by Crippen LogP contribution is 2.48. The molecule has 1 amide bonds. The number of hydrogen-bond acceptors (Lipinski definition) is 8. The Morgan fingerprint density at radius 1 is 1.07 bits per heavy atom. The zero-order valence-corrected chi connectivity index (χ0v) is 22.8. The number of Topliss-reactive ketones (excluding diaryl/α,β-unsaturated/α-hetero) is 1. The third kappa shape index (κ3) is 5.20. The first kappa shape index (κ1) is 26.4. The Morgan fingerprint density at radius 2 is 1.88 bits per heavy atom. The molecular formula is C31H30N4O6. The van der Waals surface area contributed by atoms with E-state index in [0.717, 1.165) is 22.6 Å². The van der Waals surface area contributed by atoms with E-state index >= 15 is 0 Å². The second-order valence-electron chi connectivity index (χ2n) is 11.3. The average Bonchev–Trinajstić information content (AvgIpc) is 3.36. The Kier molecular flexibility index (Phi) is 6.61. The molecule has 41 heavy (non-hydrogen) atoms. The number of nitro groups is 1. The SMILES string of the molecule is CC1(C)CC(=O)C2=C(C1)Nc1ccccc1N(CC(=O)NCc1ccc3c(c1)OCO3)C2c1cccc([N+](=O)[O-])c1. The number of ketones is 1. The molecular weight excluding hydrogens is 524 g/mol. The van der Waals surface area contributed by atoms with E-state index in [2.05, 4.69) is 24.5 Å². The molecule has 0 aromatic heterocycles. The van der Waals surface area contributed by atoms with Gasteiger partial charge in [0.1, 0.15) is 0 Å². The standard InChI is InChI=1S/C31H30N4O6/c1-31(2)14-23-29(25(36)15-31)30(20-6-5-7-21(13-20)35(38)39)34(24-9-4-3-8-22(24)33-23)17-28(37)32-16-19-10-11-26-27(12-19)41-18-40-26/h3-13,30,33H,14-18H2,1-2H3,(H,32,37). The van der Waals surface area contributed by atoms with Crippen molar-refractivity contribution in [2.75, 3.05) is 23.6 Å². The summed E-state index contributed by atoms with van der Waals surface area (Å²) in [6, 6.07) is 18.7. The van der Waals surface area contributed by atoms with E-state index < -0.39 is 11.0 Å². The highest BCUT2D eigenvalue weighted by molar-refractivity contribution is 6.02. The first-order chi connectivity index (χ1) is 19.7. The number of nitrogens with zero attached hydrogens (tertiary/aromatic N) is 2. The summed E-state index contributed by atoms with van der Waals surface area (Å²) < 4.78 is 10.8. The number of benzene rings is 3. The lowest BCUT2D eigenvalue weighted by atomic mass is 9.73. The third-order valence-corrected chi connectivity index (χ3v) is 7.64. The zero-order valence-electron chi connectivity index (χ0n) is 22.8. The molecule has 0 spiro atoms. The topological polar surface area (TPSA) is 123 Å². The molecule has 1 atom stereocenters. The number of rotatable bonds is 6. The number of ether oxygens (including phenoxy) is 2. The van der Waals surface area contributed by atoms with Crippen LogP contribution in [0.5, 0.6) is 11.5 Å². The molecule has 0 bridgehead atoms. The van der Waals surface area contributed by atoms with Crippen molar-refractivity contribution >= 4 is 28.8 Å². The van der Waals surface area contributed by atoms with Gasteiger partial charge >= 0.3 is 0 Å². The van der Waals surface area contributed by atoms with Crippen LogP contribution in [0.4, 0.5) is 17.1 Å². The van der Waals surface area contributed by atoms with Gasteiger partial charge in [-0.1, -0.05) is 44.2 Å². The number of hydrogen-bond donors (Lipinski definition) is 2. The maximum Gasteiger partial charge on any atom is 0.269 e. The number of non-ortho nitro benzene ring substituents is 1. The molecule has 10 heteroatoms. The Balaban J connectivity index is 1.39. The molecule has 3 aromatic rings. The number of nitro benzene ring substituents is 1. The highest BCUT2D eigenvalue weighted by Gasteiger charge is 2.42. The Bertz CT molecular complexity index is 1600. The number of nitrogens with one attached hydrogen (secondary N) is 2. The van der Waals surface area contributed by atoms with Crippen LogP contribution in [0.1, 0.15) is 43.9 Å². The van der Waals surface area contributed by atoms with Gasteiger partial charge in [-0.25, -0.2) is 0 Å². The van der Waals surface area contributed by atoms with E-state index in [0.29, 0.717) is 35.5 Å². The number of amides is 1. The minimum atomic E-state index is -0.707. The van der Waals surface area contributed by atoms with Gasteiger partial charge in [0, 0.05) is 36.4 Å². The van der Waals surface area contributed by atoms with Crippen molar-refractivity contribution in [3.63, 3.8) is 0 Å². The normalized spacial score (nSPS) is 18.6. The second-order valence-corrected chi connectivity index (χ2v) is 11.3. The number of para-hydroxylation sites is 2. The summed E-state index contributed by atoms with van der Waals surface area (Å²) in [5.41, 5.74) is 3.88. The monoisotopic (exact) mass is 554 g/mol.